The lowest BCUT2D eigenvalue weighted by Crippen LogP contribution is -2.49. The highest BCUT2D eigenvalue weighted by Gasteiger charge is 2.36. The van der Waals surface area contributed by atoms with E-state index >= 15 is 0 Å². The topological polar surface area (TPSA) is 44.8 Å². The zero-order valence-electron chi connectivity index (χ0n) is 10.8. The Morgan fingerprint density at radius 3 is 2.38 bits per heavy atom. The van der Waals surface area contributed by atoms with Gasteiger partial charge >= 0.3 is 5.97 Å². The second-order valence-corrected chi connectivity index (χ2v) is 5.11. The molecule has 0 radical (unpaired) electrons. The number of carbonyl (C=O) groups is 1. The van der Waals surface area contributed by atoms with Gasteiger partial charge in [0.05, 0.1) is 10.2 Å². The highest BCUT2D eigenvalue weighted by Crippen LogP contribution is 2.18. The molecule has 0 aromatic rings. The number of hydrogen-bond donors (Lipinski definition) is 0. The van der Waals surface area contributed by atoms with Gasteiger partial charge in [-0.3, -0.25) is 0 Å². The van der Waals surface area contributed by atoms with Gasteiger partial charge in [-0.15, -0.1) is 0 Å². The minimum atomic E-state index is -0.930. The Morgan fingerprint density at radius 1 is 1.44 bits per heavy atom. The Hall–Kier alpha value is -0.653. The summed E-state index contributed by atoms with van der Waals surface area (Å²) in [5, 5.41) is 0. The van der Waals surface area contributed by atoms with Crippen LogP contribution in [-0.2, 0) is 19.0 Å². The molecule has 0 rings (SSSR count). The predicted molar refractivity (Wildman–Crippen MR) is 66.3 cm³/mol. The third kappa shape index (κ3) is 4.47. The van der Waals surface area contributed by atoms with Crippen molar-refractivity contribution in [2.45, 2.75) is 39.2 Å². The van der Waals surface area contributed by atoms with Crippen LogP contribution in [0.3, 0.4) is 0 Å². The van der Waals surface area contributed by atoms with Crippen LogP contribution in [0, 0.1) is 0 Å². The van der Waals surface area contributed by atoms with Crippen LogP contribution in [0.25, 0.3) is 0 Å². The van der Waals surface area contributed by atoms with Crippen molar-refractivity contribution in [1.29, 1.82) is 0 Å². The lowest BCUT2D eigenvalue weighted by atomic mass is 10.3. The fourth-order valence-corrected chi connectivity index (χ4v) is 1.83. The minimum Gasteiger partial charge on any atom is -0.432 e. The van der Waals surface area contributed by atoms with Crippen LogP contribution in [0.4, 0.5) is 0 Å². The Morgan fingerprint density at radius 2 is 2.00 bits per heavy atom. The summed E-state index contributed by atoms with van der Waals surface area (Å²) in [4.78, 5) is 11.5. The monoisotopic (exact) mass is 246 g/mol. The van der Waals surface area contributed by atoms with Gasteiger partial charge in [0, 0.05) is 18.8 Å². The molecule has 0 aromatic heterocycles. The molecule has 0 amide bonds. The maximum atomic E-state index is 11.5. The molecule has 0 saturated heterocycles. The van der Waals surface area contributed by atoms with E-state index in [1.807, 2.05) is 20.8 Å². The van der Waals surface area contributed by atoms with E-state index in [0.29, 0.717) is 29.0 Å². The molecule has 0 fully saturated rings. The highest BCUT2D eigenvalue weighted by atomic mass is 28.1. The summed E-state index contributed by atoms with van der Waals surface area (Å²) in [6.45, 7) is 11.8. The SMILES string of the molecule is C=C(C)C(=O)OC([SiH3])(OCC)C(C)OCC. The average molecular weight is 246 g/mol. The third-order valence-corrected chi connectivity index (χ3v) is 3.54. The molecular formula is C11H22O4Si. The fourth-order valence-electron chi connectivity index (χ4n) is 1.19. The van der Waals surface area contributed by atoms with Gasteiger partial charge in [0.15, 0.2) is 0 Å². The standard InChI is InChI=1S/C11H22O4Si/c1-6-13-9(5)11(16,14-7-2)15-10(12)8(3)4/h9H,3,6-7H2,1-2,4-5,16H3. The lowest BCUT2D eigenvalue weighted by Gasteiger charge is -2.34. The molecule has 94 valence electrons. The van der Waals surface area contributed by atoms with E-state index in [2.05, 4.69) is 6.58 Å². The van der Waals surface area contributed by atoms with E-state index in [1.165, 1.54) is 0 Å². The van der Waals surface area contributed by atoms with E-state index in [4.69, 9.17) is 14.2 Å². The van der Waals surface area contributed by atoms with Crippen LogP contribution < -0.4 is 0 Å². The largest absolute Gasteiger partial charge is 0.432 e. The van der Waals surface area contributed by atoms with E-state index in [0.717, 1.165) is 0 Å². The van der Waals surface area contributed by atoms with Gasteiger partial charge < -0.3 is 14.2 Å². The molecule has 0 heterocycles. The molecular weight excluding hydrogens is 224 g/mol. The van der Waals surface area contributed by atoms with Crippen LogP contribution in [0.5, 0.6) is 0 Å². The molecule has 5 heteroatoms. The number of hydrogen-bond acceptors (Lipinski definition) is 4. The van der Waals surface area contributed by atoms with Crippen molar-refractivity contribution in [2.24, 2.45) is 0 Å². The smallest absolute Gasteiger partial charge is 0.335 e. The van der Waals surface area contributed by atoms with Crippen molar-refractivity contribution in [3.8, 4) is 0 Å². The number of esters is 1. The molecule has 0 aromatic carbocycles. The predicted octanol–water partition coefficient (Wildman–Crippen LogP) is 0.586. The molecule has 2 atom stereocenters. The normalized spacial score (nSPS) is 16.5. The summed E-state index contributed by atoms with van der Waals surface area (Å²) < 4.78 is 16.3. The Bertz CT molecular complexity index is 254. The van der Waals surface area contributed by atoms with Gasteiger partial charge in [-0.1, -0.05) is 6.58 Å². The summed E-state index contributed by atoms with van der Waals surface area (Å²) in [6.07, 6.45) is -0.271. The zero-order valence-corrected chi connectivity index (χ0v) is 12.8. The number of ether oxygens (including phenoxy) is 3. The second-order valence-electron chi connectivity index (χ2n) is 3.72. The van der Waals surface area contributed by atoms with E-state index < -0.39 is 11.4 Å². The first kappa shape index (κ1) is 15.3. The molecule has 0 saturated carbocycles. The van der Waals surface area contributed by atoms with Crippen molar-refractivity contribution in [2.75, 3.05) is 13.2 Å². The zero-order chi connectivity index (χ0) is 12.8. The lowest BCUT2D eigenvalue weighted by molar-refractivity contribution is -0.226. The van der Waals surface area contributed by atoms with Crippen LogP contribution in [0.15, 0.2) is 12.2 Å². The first-order chi connectivity index (χ1) is 7.37. The summed E-state index contributed by atoms with van der Waals surface area (Å²) in [5.74, 6) is -0.435. The highest BCUT2D eigenvalue weighted by molar-refractivity contribution is 6.15. The fraction of sp³-hybridized carbons (Fsp3) is 0.727. The summed E-state index contributed by atoms with van der Waals surface area (Å²) in [7, 11) is 0.538. The second kappa shape index (κ2) is 6.83. The molecule has 2 unspecified atom stereocenters. The van der Waals surface area contributed by atoms with E-state index in [9.17, 15) is 4.79 Å². The minimum absolute atomic E-state index is 0.271. The van der Waals surface area contributed by atoms with Gasteiger partial charge in [0.2, 0.25) is 5.41 Å². The van der Waals surface area contributed by atoms with Crippen molar-refractivity contribution < 1.29 is 19.0 Å². The van der Waals surface area contributed by atoms with Crippen LogP contribution in [0.2, 0.25) is 0 Å². The Labute approximate surface area is 100 Å². The summed E-state index contributed by atoms with van der Waals surface area (Å²) in [6, 6.07) is 0. The van der Waals surface area contributed by atoms with Gasteiger partial charge in [0.1, 0.15) is 6.10 Å². The first-order valence-electron chi connectivity index (χ1n) is 5.51. The van der Waals surface area contributed by atoms with Gasteiger partial charge in [-0.25, -0.2) is 4.79 Å². The first-order valence-corrected chi connectivity index (χ1v) is 6.51. The van der Waals surface area contributed by atoms with Gasteiger partial charge in [0.25, 0.3) is 0 Å². The molecule has 16 heavy (non-hydrogen) atoms. The Balaban J connectivity index is 4.67. The molecule has 4 nitrogen and oxygen atoms in total. The van der Waals surface area contributed by atoms with Crippen molar-refractivity contribution in [3.05, 3.63) is 12.2 Å². The molecule has 0 aliphatic rings. The quantitative estimate of drug-likeness (QED) is 0.285. The van der Waals surface area contributed by atoms with Crippen LogP contribution in [-0.4, -0.2) is 40.9 Å². The van der Waals surface area contributed by atoms with Crippen molar-refractivity contribution >= 4 is 16.2 Å². The maximum absolute atomic E-state index is 11.5. The van der Waals surface area contributed by atoms with Gasteiger partial charge in [-0.2, -0.15) is 0 Å². The van der Waals surface area contributed by atoms with E-state index in [-0.39, 0.29) is 6.10 Å². The average Bonchev–Trinajstić information content (AvgIpc) is 2.18. The summed E-state index contributed by atoms with van der Waals surface area (Å²) in [5.41, 5.74) is -0.565. The Kier molecular flexibility index (Phi) is 6.55. The third-order valence-electron chi connectivity index (χ3n) is 2.23. The molecule has 0 aliphatic heterocycles. The van der Waals surface area contributed by atoms with Crippen molar-refractivity contribution in [1.82, 2.24) is 0 Å². The summed E-state index contributed by atoms with van der Waals surface area (Å²) >= 11 is 0. The molecule has 0 aliphatic carbocycles. The molecule has 0 spiro atoms. The molecule has 0 N–H and O–H groups in total. The number of carbonyl (C=O) groups excluding carboxylic acids is 1. The van der Waals surface area contributed by atoms with Crippen molar-refractivity contribution in [3.63, 3.8) is 0 Å². The van der Waals surface area contributed by atoms with Crippen LogP contribution in [0.1, 0.15) is 27.7 Å². The molecule has 0 bridgehead atoms. The number of rotatable bonds is 7. The maximum Gasteiger partial charge on any atom is 0.335 e. The van der Waals surface area contributed by atoms with Crippen LogP contribution >= 0.6 is 0 Å². The van der Waals surface area contributed by atoms with Gasteiger partial charge in [-0.05, 0) is 27.7 Å². The van der Waals surface area contributed by atoms with E-state index in [1.54, 1.807) is 6.92 Å².